The third-order valence-electron chi connectivity index (χ3n) is 6.04. The first-order chi connectivity index (χ1) is 15.3. The number of halogens is 2. The highest BCUT2D eigenvalue weighted by Crippen LogP contribution is 2.35. The van der Waals surface area contributed by atoms with Crippen molar-refractivity contribution in [1.82, 2.24) is 13.7 Å². The molecule has 0 saturated heterocycles. The molecule has 0 spiro atoms. The number of imidazole rings is 1. The zero-order valence-corrected chi connectivity index (χ0v) is 17.6. The van der Waals surface area contributed by atoms with E-state index >= 15 is 0 Å². The van der Waals surface area contributed by atoms with Crippen molar-refractivity contribution in [2.45, 2.75) is 32.5 Å². The topological polar surface area (TPSA) is 89.4 Å². The number of hydrogen-bond acceptors (Lipinski definition) is 3. The number of carbonyl (C=O) groups is 1. The Morgan fingerprint density at radius 1 is 1.12 bits per heavy atom. The van der Waals surface area contributed by atoms with Crippen molar-refractivity contribution in [3.63, 3.8) is 0 Å². The van der Waals surface area contributed by atoms with E-state index in [0.717, 1.165) is 26.7 Å². The molecule has 32 heavy (non-hydrogen) atoms. The van der Waals surface area contributed by atoms with Crippen molar-refractivity contribution in [2.24, 2.45) is 0 Å². The van der Waals surface area contributed by atoms with Gasteiger partial charge in [-0.15, -0.1) is 0 Å². The minimum Gasteiger partial charge on any atom is -0.493 e. The van der Waals surface area contributed by atoms with Gasteiger partial charge in [0.25, 0.3) is 0 Å². The van der Waals surface area contributed by atoms with Crippen LogP contribution in [0.5, 0.6) is 5.88 Å². The molecule has 2 aromatic carbocycles. The van der Waals surface area contributed by atoms with E-state index in [0.29, 0.717) is 22.7 Å². The van der Waals surface area contributed by atoms with Gasteiger partial charge in [0.1, 0.15) is 5.82 Å². The smallest absolute Gasteiger partial charge is 0.331 e. The highest BCUT2D eigenvalue weighted by molar-refractivity contribution is 6.30. The highest BCUT2D eigenvalue weighted by atomic mass is 35.5. The summed E-state index contributed by atoms with van der Waals surface area (Å²) in [5.41, 5.74) is 3.18. The third-order valence-corrected chi connectivity index (χ3v) is 6.28. The molecule has 0 radical (unpaired) electrons. The van der Waals surface area contributed by atoms with Gasteiger partial charge in [-0.3, -0.25) is 13.9 Å². The fourth-order valence-corrected chi connectivity index (χ4v) is 4.66. The van der Waals surface area contributed by atoms with Crippen molar-refractivity contribution >= 4 is 28.5 Å². The molecule has 2 aromatic heterocycles. The lowest BCUT2D eigenvalue weighted by Crippen LogP contribution is -2.29. The minimum atomic E-state index is -1.05. The Labute approximate surface area is 186 Å². The molecule has 0 aliphatic carbocycles. The first-order valence-corrected chi connectivity index (χ1v) is 10.5. The molecule has 5 rings (SSSR count). The number of benzene rings is 2. The second-order valence-electron chi connectivity index (χ2n) is 7.88. The molecule has 0 amide bonds. The van der Waals surface area contributed by atoms with Crippen LogP contribution in [0.1, 0.15) is 28.9 Å². The van der Waals surface area contributed by atoms with Crippen LogP contribution < -0.4 is 5.69 Å². The molecule has 0 fully saturated rings. The number of aromatic nitrogens is 3. The van der Waals surface area contributed by atoms with Crippen molar-refractivity contribution in [3.05, 3.63) is 86.3 Å². The molecule has 4 aromatic rings. The number of aliphatic carboxylic acids is 1. The molecule has 3 heterocycles. The molecule has 164 valence electrons. The van der Waals surface area contributed by atoms with Gasteiger partial charge in [0.2, 0.25) is 5.88 Å². The normalized spacial score (nSPS) is 12.7. The highest BCUT2D eigenvalue weighted by Gasteiger charge is 2.29. The van der Waals surface area contributed by atoms with Crippen LogP contribution in [0.2, 0.25) is 5.02 Å². The molecule has 0 unspecified atom stereocenters. The number of fused-ring (bicyclic) bond motifs is 4. The summed E-state index contributed by atoms with van der Waals surface area (Å²) >= 11 is 5.90. The van der Waals surface area contributed by atoms with Crippen LogP contribution in [0, 0.1) is 5.82 Å². The first kappa shape index (κ1) is 20.4. The zero-order chi connectivity index (χ0) is 22.6. The summed E-state index contributed by atoms with van der Waals surface area (Å²) in [6, 6.07) is 12.3. The summed E-state index contributed by atoms with van der Waals surface area (Å²) < 4.78 is 19.1. The molecule has 2 N–H and O–H groups in total. The Hall–Kier alpha value is -3.52. The van der Waals surface area contributed by atoms with Crippen molar-refractivity contribution in [1.29, 1.82) is 0 Å². The van der Waals surface area contributed by atoms with Gasteiger partial charge in [0.05, 0.1) is 25.2 Å². The van der Waals surface area contributed by atoms with E-state index in [1.54, 1.807) is 12.1 Å². The van der Waals surface area contributed by atoms with Gasteiger partial charge < -0.3 is 14.8 Å². The van der Waals surface area contributed by atoms with E-state index in [2.05, 4.69) is 0 Å². The van der Waals surface area contributed by atoms with Gasteiger partial charge in [0, 0.05) is 40.1 Å². The predicted octanol–water partition coefficient (Wildman–Crippen LogP) is 3.58. The Bertz CT molecular complexity index is 1450. The van der Waals surface area contributed by atoms with Gasteiger partial charge in [0.15, 0.2) is 0 Å². The maximum Gasteiger partial charge on any atom is 0.331 e. The van der Waals surface area contributed by atoms with E-state index in [1.165, 1.54) is 10.6 Å². The van der Waals surface area contributed by atoms with Crippen LogP contribution in [-0.4, -0.2) is 29.9 Å². The van der Waals surface area contributed by atoms with Gasteiger partial charge in [-0.25, -0.2) is 9.18 Å². The monoisotopic (exact) mass is 455 g/mol. The molecule has 1 aliphatic heterocycles. The molecule has 0 bridgehead atoms. The van der Waals surface area contributed by atoms with Crippen LogP contribution in [0.15, 0.2) is 47.3 Å². The molecule has 0 saturated carbocycles. The van der Waals surface area contributed by atoms with Crippen molar-refractivity contribution < 1.29 is 19.4 Å². The average molecular weight is 456 g/mol. The van der Waals surface area contributed by atoms with Crippen molar-refractivity contribution in [2.75, 3.05) is 0 Å². The van der Waals surface area contributed by atoms with Crippen LogP contribution in [-0.2, 0) is 30.8 Å². The Balaban J connectivity index is 1.63. The van der Waals surface area contributed by atoms with Gasteiger partial charge in [-0.05, 0) is 23.8 Å². The van der Waals surface area contributed by atoms with Crippen LogP contribution in [0.25, 0.3) is 10.9 Å². The SMILES string of the molecule is O=C(O)CCn1c(O)c2n(c1=O)Cc1c(c3ccccc3n1Cc1ccc(Cl)cc1F)C2. The van der Waals surface area contributed by atoms with E-state index in [4.69, 9.17) is 16.7 Å². The van der Waals surface area contributed by atoms with Gasteiger partial charge >= 0.3 is 11.7 Å². The summed E-state index contributed by atoms with van der Waals surface area (Å²) in [5, 5.41) is 20.9. The lowest BCUT2D eigenvalue weighted by molar-refractivity contribution is -0.137. The maximum atomic E-state index is 14.5. The largest absolute Gasteiger partial charge is 0.493 e. The molecular formula is C23H19ClFN3O4. The number of rotatable bonds is 5. The molecule has 0 atom stereocenters. The summed E-state index contributed by atoms with van der Waals surface area (Å²) in [6.45, 7) is 0.344. The number of para-hydroxylation sites is 1. The Morgan fingerprint density at radius 2 is 1.91 bits per heavy atom. The van der Waals surface area contributed by atoms with E-state index in [-0.39, 0.29) is 31.9 Å². The minimum absolute atomic E-state index is 0.110. The zero-order valence-electron chi connectivity index (χ0n) is 16.9. The Morgan fingerprint density at radius 3 is 2.66 bits per heavy atom. The number of hydrogen-bond donors (Lipinski definition) is 2. The summed E-state index contributed by atoms with van der Waals surface area (Å²) in [4.78, 5) is 23.9. The average Bonchev–Trinajstić information content (AvgIpc) is 3.19. The maximum absolute atomic E-state index is 14.5. The fraction of sp³-hybridized carbons (Fsp3) is 0.217. The van der Waals surface area contributed by atoms with E-state index in [1.807, 2.05) is 28.8 Å². The van der Waals surface area contributed by atoms with E-state index < -0.39 is 17.5 Å². The van der Waals surface area contributed by atoms with Crippen LogP contribution in [0.3, 0.4) is 0 Å². The standard InChI is InChI=1S/C23H19ClFN3O4/c24-14-6-5-13(17(25)9-14)11-27-18-4-2-1-3-15(18)16-10-19-22(31)26(8-7-21(29)30)23(32)28(19)12-20(16)27/h1-6,9,31H,7-8,10-12H2,(H,29,30). The molecule has 7 nitrogen and oxygen atoms in total. The fourth-order valence-electron chi connectivity index (χ4n) is 4.50. The predicted molar refractivity (Wildman–Crippen MR) is 117 cm³/mol. The number of aromatic hydroxyl groups is 1. The second-order valence-corrected chi connectivity index (χ2v) is 8.31. The Kier molecular flexibility index (Phi) is 4.82. The number of carboxylic acids is 1. The summed E-state index contributed by atoms with van der Waals surface area (Å²) in [5.74, 6) is -1.66. The molecule has 9 heteroatoms. The molecule has 1 aliphatic rings. The van der Waals surface area contributed by atoms with Crippen LogP contribution >= 0.6 is 11.6 Å². The number of nitrogens with zero attached hydrogens (tertiary/aromatic N) is 3. The van der Waals surface area contributed by atoms with Crippen LogP contribution in [0.4, 0.5) is 4.39 Å². The van der Waals surface area contributed by atoms with Gasteiger partial charge in [-0.1, -0.05) is 35.9 Å². The lowest BCUT2D eigenvalue weighted by Gasteiger charge is -2.18. The summed E-state index contributed by atoms with van der Waals surface area (Å²) in [6.07, 6.45) is 0.0436. The first-order valence-electron chi connectivity index (χ1n) is 10.1. The van der Waals surface area contributed by atoms with Crippen molar-refractivity contribution in [3.8, 4) is 5.88 Å². The third kappa shape index (κ3) is 3.18. The van der Waals surface area contributed by atoms with E-state index in [9.17, 15) is 19.1 Å². The lowest BCUT2D eigenvalue weighted by atomic mass is 10.0. The summed E-state index contributed by atoms with van der Waals surface area (Å²) in [7, 11) is 0. The quantitative estimate of drug-likeness (QED) is 0.424. The molecular weight excluding hydrogens is 437 g/mol. The van der Waals surface area contributed by atoms with Gasteiger partial charge in [-0.2, -0.15) is 0 Å². The second kappa shape index (κ2) is 7.56. The number of carboxylic acid groups (broad SMARTS) is 1.